The summed E-state index contributed by atoms with van der Waals surface area (Å²) in [7, 11) is 0. The summed E-state index contributed by atoms with van der Waals surface area (Å²) in [5, 5.41) is 10.4. The number of piperidine rings is 1. The quantitative estimate of drug-likeness (QED) is 0.874. The van der Waals surface area contributed by atoms with Crippen LogP contribution in [0.25, 0.3) is 0 Å². The Labute approximate surface area is 157 Å². The number of rotatable bonds is 4. The van der Waals surface area contributed by atoms with Crippen molar-refractivity contribution in [3.05, 3.63) is 58.6 Å². The SMILES string of the molecule is O=C(O)C1CCCCN1C(c1cccc(Cl)c1)c1ccc2c(c1)OCO2. The van der Waals surface area contributed by atoms with Crippen molar-refractivity contribution in [2.45, 2.75) is 31.3 Å². The molecular formula is C20H20ClNO4. The zero-order valence-electron chi connectivity index (χ0n) is 14.2. The van der Waals surface area contributed by atoms with E-state index in [0.717, 1.165) is 30.5 Å². The molecule has 2 aliphatic heterocycles. The molecule has 26 heavy (non-hydrogen) atoms. The molecule has 5 nitrogen and oxygen atoms in total. The third-order valence-corrected chi connectivity index (χ3v) is 5.27. The fraction of sp³-hybridized carbons (Fsp3) is 0.350. The maximum Gasteiger partial charge on any atom is 0.320 e. The van der Waals surface area contributed by atoms with Crippen LogP contribution in [-0.4, -0.2) is 35.4 Å². The summed E-state index contributed by atoms with van der Waals surface area (Å²) < 4.78 is 10.9. The first-order chi connectivity index (χ1) is 12.6. The van der Waals surface area contributed by atoms with Crippen LogP contribution in [-0.2, 0) is 4.79 Å². The standard InChI is InChI=1S/C20H20ClNO4/c21-15-5-3-4-13(10-15)19(22-9-2-1-6-16(22)20(23)24)14-7-8-17-18(11-14)26-12-25-17/h3-5,7-8,10-11,16,19H,1-2,6,9,12H2,(H,23,24). The van der Waals surface area contributed by atoms with E-state index in [9.17, 15) is 9.90 Å². The molecule has 0 spiro atoms. The van der Waals surface area contributed by atoms with E-state index < -0.39 is 12.0 Å². The Balaban J connectivity index is 1.80. The van der Waals surface area contributed by atoms with Crippen LogP contribution in [0.5, 0.6) is 11.5 Å². The summed E-state index contributed by atoms with van der Waals surface area (Å²) in [5.74, 6) is 0.628. The molecule has 0 radical (unpaired) electrons. The third-order valence-electron chi connectivity index (χ3n) is 5.04. The zero-order chi connectivity index (χ0) is 18.1. The van der Waals surface area contributed by atoms with Gasteiger partial charge < -0.3 is 14.6 Å². The monoisotopic (exact) mass is 373 g/mol. The predicted molar refractivity (Wildman–Crippen MR) is 97.8 cm³/mol. The molecule has 0 aliphatic carbocycles. The molecule has 0 amide bonds. The van der Waals surface area contributed by atoms with Crippen molar-refractivity contribution in [1.29, 1.82) is 0 Å². The van der Waals surface area contributed by atoms with E-state index >= 15 is 0 Å². The van der Waals surface area contributed by atoms with Crippen LogP contribution in [0.4, 0.5) is 0 Å². The summed E-state index contributed by atoms with van der Waals surface area (Å²) >= 11 is 6.23. The van der Waals surface area contributed by atoms with Gasteiger partial charge in [0.2, 0.25) is 6.79 Å². The Kier molecular flexibility index (Phi) is 4.74. The molecule has 1 fully saturated rings. The van der Waals surface area contributed by atoms with Gasteiger partial charge in [0, 0.05) is 5.02 Å². The second-order valence-corrected chi connectivity index (χ2v) is 7.09. The minimum Gasteiger partial charge on any atom is -0.480 e. The normalized spacial score (nSPS) is 20.7. The topological polar surface area (TPSA) is 59.0 Å². The number of benzene rings is 2. The fourth-order valence-electron chi connectivity index (χ4n) is 3.86. The Hall–Kier alpha value is -2.24. The number of carbonyl (C=O) groups is 1. The second-order valence-electron chi connectivity index (χ2n) is 6.66. The van der Waals surface area contributed by atoms with Crippen LogP contribution in [0.3, 0.4) is 0 Å². The maximum atomic E-state index is 11.9. The van der Waals surface area contributed by atoms with Gasteiger partial charge in [0.05, 0.1) is 6.04 Å². The Bertz CT molecular complexity index is 825. The van der Waals surface area contributed by atoms with Gasteiger partial charge in [-0.2, -0.15) is 0 Å². The van der Waals surface area contributed by atoms with Crippen LogP contribution in [0.2, 0.25) is 5.02 Å². The summed E-state index contributed by atoms with van der Waals surface area (Å²) in [6.45, 7) is 0.935. The largest absolute Gasteiger partial charge is 0.480 e. The molecule has 1 saturated heterocycles. The van der Waals surface area contributed by atoms with Crippen molar-refractivity contribution in [1.82, 2.24) is 4.90 Å². The smallest absolute Gasteiger partial charge is 0.320 e. The van der Waals surface area contributed by atoms with Crippen LogP contribution < -0.4 is 9.47 Å². The Morgan fingerprint density at radius 1 is 1.12 bits per heavy atom. The number of fused-ring (bicyclic) bond motifs is 1. The molecule has 6 heteroatoms. The van der Waals surface area contributed by atoms with Gasteiger partial charge in [-0.05, 0) is 54.8 Å². The first-order valence-electron chi connectivity index (χ1n) is 8.77. The number of carboxylic acids is 1. The molecule has 2 aromatic carbocycles. The number of aliphatic carboxylic acids is 1. The highest BCUT2D eigenvalue weighted by Crippen LogP contribution is 2.40. The molecule has 2 atom stereocenters. The molecule has 2 aliphatic rings. The average Bonchev–Trinajstić information content (AvgIpc) is 3.10. The van der Waals surface area contributed by atoms with Crippen molar-refractivity contribution in [3.8, 4) is 11.5 Å². The molecule has 0 bridgehead atoms. The highest BCUT2D eigenvalue weighted by Gasteiger charge is 2.35. The number of nitrogens with zero attached hydrogens (tertiary/aromatic N) is 1. The average molecular weight is 374 g/mol. The van der Waals surface area contributed by atoms with E-state index in [-0.39, 0.29) is 12.8 Å². The van der Waals surface area contributed by atoms with Crippen molar-refractivity contribution in [3.63, 3.8) is 0 Å². The molecule has 0 aromatic heterocycles. The van der Waals surface area contributed by atoms with E-state index in [1.54, 1.807) is 0 Å². The van der Waals surface area contributed by atoms with Gasteiger partial charge in [0.1, 0.15) is 6.04 Å². The summed E-state index contributed by atoms with van der Waals surface area (Å²) in [4.78, 5) is 13.9. The number of likely N-dealkylation sites (tertiary alicyclic amines) is 1. The highest BCUT2D eigenvalue weighted by molar-refractivity contribution is 6.30. The first kappa shape index (κ1) is 17.2. The van der Waals surface area contributed by atoms with Crippen molar-refractivity contribution in [2.24, 2.45) is 0 Å². The molecule has 4 rings (SSSR count). The summed E-state index contributed by atoms with van der Waals surface area (Å²) in [5.41, 5.74) is 1.95. The van der Waals surface area contributed by atoms with Crippen LogP contribution in [0, 0.1) is 0 Å². The second kappa shape index (κ2) is 7.17. The van der Waals surface area contributed by atoms with Gasteiger partial charge in [-0.25, -0.2) is 0 Å². The van der Waals surface area contributed by atoms with Crippen LogP contribution in [0.15, 0.2) is 42.5 Å². The molecular weight excluding hydrogens is 354 g/mol. The Morgan fingerprint density at radius 2 is 1.92 bits per heavy atom. The lowest BCUT2D eigenvalue weighted by Gasteiger charge is -2.39. The Morgan fingerprint density at radius 3 is 2.73 bits per heavy atom. The number of hydrogen-bond donors (Lipinski definition) is 1. The van der Waals surface area contributed by atoms with E-state index in [4.69, 9.17) is 21.1 Å². The molecule has 2 aromatic rings. The van der Waals surface area contributed by atoms with E-state index in [2.05, 4.69) is 4.90 Å². The highest BCUT2D eigenvalue weighted by atomic mass is 35.5. The zero-order valence-corrected chi connectivity index (χ0v) is 15.0. The lowest BCUT2D eigenvalue weighted by Crippen LogP contribution is -2.46. The van der Waals surface area contributed by atoms with Crippen molar-refractivity contribution in [2.75, 3.05) is 13.3 Å². The predicted octanol–water partition coefficient (Wildman–Crippen LogP) is 4.10. The lowest BCUT2D eigenvalue weighted by atomic mass is 9.91. The van der Waals surface area contributed by atoms with Gasteiger partial charge in [0.15, 0.2) is 11.5 Å². The van der Waals surface area contributed by atoms with E-state index in [1.165, 1.54) is 0 Å². The first-order valence-corrected chi connectivity index (χ1v) is 9.15. The lowest BCUT2D eigenvalue weighted by molar-refractivity contribution is -0.145. The molecule has 1 N–H and O–H groups in total. The maximum absolute atomic E-state index is 11.9. The van der Waals surface area contributed by atoms with Crippen LogP contribution in [0.1, 0.15) is 36.4 Å². The third kappa shape index (κ3) is 3.24. The molecule has 0 saturated carbocycles. The number of ether oxygens (including phenoxy) is 2. The van der Waals surface area contributed by atoms with E-state index in [1.807, 2.05) is 42.5 Å². The minimum atomic E-state index is -0.780. The van der Waals surface area contributed by atoms with Crippen molar-refractivity contribution < 1.29 is 19.4 Å². The summed E-state index contributed by atoms with van der Waals surface area (Å²) in [6.07, 6.45) is 2.55. The number of carboxylic acid groups (broad SMARTS) is 1. The minimum absolute atomic E-state index is 0.204. The van der Waals surface area contributed by atoms with Crippen LogP contribution >= 0.6 is 11.6 Å². The number of halogens is 1. The van der Waals surface area contributed by atoms with Gasteiger partial charge in [0.25, 0.3) is 0 Å². The van der Waals surface area contributed by atoms with Crippen molar-refractivity contribution >= 4 is 17.6 Å². The number of hydrogen-bond acceptors (Lipinski definition) is 4. The molecule has 2 unspecified atom stereocenters. The van der Waals surface area contributed by atoms with Gasteiger partial charge in [-0.15, -0.1) is 0 Å². The fourth-order valence-corrected chi connectivity index (χ4v) is 4.06. The van der Waals surface area contributed by atoms with Gasteiger partial charge in [-0.1, -0.05) is 36.2 Å². The van der Waals surface area contributed by atoms with E-state index in [0.29, 0.717) is 22.9 Å². The van der Waals surface area contributed by atoms with Gasteiger partial charge >= 0.3 is 5.97 Å². The summed E-state index contributed by atoms with van der Waals surface area (Å²) in [6, 6.07) is 12.7. The molecule has 2 heterocycles. The van der Waals surface area contributed by atoms with Gasteiger partial charge in [-0.3, -0.25) is 9.69 Å². The molecule has 136 valence electrons.